The van der Waals surface area contributed by atoms with E-state index in [1.807, 2.05) is 24.3 Å². The standard InChI is InChI=1S/C16H16BrN3O3S/c1-2-23-16(22)19-15-18-12-7-8-20(9-13(12)24-15)14(21)10-3-5-11(17)6-4-10/h3-6H,2,7-9H2,1H3,(H,18,19,22). The fraction of sp³-hybridized carbons (Fsp3) is 0.312. The van der Waals surface area contributed by atoms with Crippen molar-refractivity contribution in [3.63, 3.8) is 0 Å². The van der Waals surface area contributed by atoms with Gasteiger partial charge in [-0.15, -0.1) is 0 Å². The van der Waals surface area contributed by atoms with Crippen molar-refractivity contribution in [3.05, 3.63) is 44.9 Å². The van der Waals surface area contributed by atoms with Crippen LogP contribution in [0.3, 0.4) is 0 Å². The Morgan fingerprint density at radius 2 is 2.12 bits per heavy atom. The minimum atomic E-state index is -0.508. The number of carbonyl (C=O) groups is 2. The largest absolute Gasteiger partial charge is 0.450 e. The van der Waals surface area contributed by atoms with Crippen molar-refractivity contribution in [2.45, 2.75) is 19.9 Å². The van der Waals surface area contributed by atoms with Crippen LogP contribution in [0.5, 0.6) is 0 Å². The molecule has 2 aromatic rings. The monoisotopic (exact) mass is 409 g/mol. The fourth-order valence-electron chi connectivity index (χ4n) is 2.45. The molecule has 1 aliphatic rings. The van der Waals surface area contributed by atoms with Gasteiger partial charge >= 0.3 is 6.09 Å². The third-order valence-electron chi connectivity index (χ3n) is 3.59. The first kappa shape index (κ1) is 16.9. The van der Waals surface area contributed by atoms with Crippen LogP contribution in [0.4, 0.5) is 9.93 Å². The van der Waals surface area contributed by atoms with Crippen LogP contribution in [0.2, 0.25) is 0 Å². The molecule has 24 heavy (non-hydrogen) atoms. The number of thiazole rings is 1. The lowest BCUT2D eigenvalue weighted by Gasteiger charge is -2.26. The van der Waals surface area contributed by atoms with E-state index in [1.54, 1.807) is 11.8 Å². The summed E-state index contributed by atoms with van der Waals surface area (Å²) in [5.41, 5.74) is 1.60. The summed E-state index contributed by atoms with van der Waals surface area (Å²) in [5.74, 6) is 0.00134. The maximum atomic E-state index is 12.6. The average Bonchev–Trinajstić information content (AvgIpc) is 2.96. The number of ether oxygens (including phenoxy) is 1. The Hall–Kier alpha value is -1.93. The minimum Gasteiger partial charge on any atom is -0.450 e. The molecule has 0 fully saturated rings. The van der Waals surface area contributed by atoms with Crippen LogP contribution < -0.4 is 5.32 Å². The molecule has 2 heterocycles. The van der Waals surface area contributed by atoms with Crippen molar-refractivity contribution in [2.24, 2.45) is 0 Å². The number of nitrogens with zero attached hydrogens (tertiary/aromatic N) is 2. The van der Waals surface area contributed by atoms with Crippen molar-refractivity contribution >= 4 is 44.4 Å². The number of aromatic nitrogens is 1. The highest BCUT2D eigenvalue weighted by Crippen LogP contribution is 2.29. The first-order valence-corrected chi connectivity index (χ1v) is 9.15. The summed E-state index contributed by atoms with van der Waals surface area (Å²) in [6, 6.07) is 7.33. The van der Waals surface area contributed by atoms with Gasteiger partial charge < -0.3 is 9.64 Å². The Balaban J connectivity index is 1.70. The second-order valence-electron chi connectivity index (χ2n) is 5.22. The van der Waals surface area contributed by atoms with E-state index in [2.05, 4.69) is 26.2 Å². The van der Waals surface area contributed by atoms with E-state index in [0.717, 1.165) is 15.0 Å². The van der Waals surface area contributed by atoms with E-state index in [4.69, 9.17) is 4.74 Å². The molecule has 1 N–H and O–H groups in total. The lowest BCUT2D eigenvalue weighted by molar-refractivity contribution is 0.0736. The molecule has 0 atom stereocenters. The maximum absolute atomic E-state index is 12.6. The van der Waals surface area contributed by atoms with Gasteiger partial charge in [0, 0.05) is 27.9 Å². The summed E-state index contributed by atoms with van der Waals surface area (Å²) in [6.07, 6.45) is 0.171. The first-order chi connectivity index (χ1) is 11.6. The van der Waals surface area contributed by atoms with Crippen molar-refractivity contribution < 1.29 is 14.3 Å². The van der Waals surface area contributed by atoms with Crippen LogP contribution in [-0.4, -0.2) is 35.0 Å². The van der Waals surface area contributed by atoms with Gasteiger partial charge in [0.05, 0.1) is 18.8 Å². The summed E-state index contributed by atoms with van der Waals surface area (Å²) >= 11 is 4.75. The van der Waals surface area contributed by atoms with Crippen molar-refractivity contribution in [2.75, 3.05) is 18.5 Å². The first-order valence-electron chi connectivity index (χ1n) is 7.54. The summed E-state index contributed by atoms with van der Waals surface area (Å²) in [7, 11) is 0. The average molecular weight is 410 g/mol. The highest BCUT2D eigenvalue weighted by molar-refractivity contribution is 9.10. The number of anilines is 1. The Bertz CT molecular complexity index is 760. The van der Waals surface area contributed by atoms with E-state index in [1.165, 1.54) is 11.3 Å². The summed E-state index contributed by atoms with van der Waals surface area (Å²) in [5, 5.41) is 3.13. The Kier molecular flexibility index (Phi) is 5.15. The normalized spacial score (nSPS) is 13.3. The zero-order valence-electron chi connectivity index (χ0n) is 13.0. The van der Waals surface area contributed by atoms with Crippen LogP contribution in [0.15, 0.2) is 28.7 Å². The SMILES string of the molecule is CCOC(=O)Nc1nc2c(s1)CN(C(=O)c1ccc(Br)cc1)CC2. The molecule has 2 amide bonds. The quantitative estimate of drug-likeness (QED) is 0.838. The van der Waals surface area contributed by atoms with Crippen molar-refractivity contribution in [1.82, 2.24) is 9.88 Å². The fourth-order valence-corrected chi connectivity index (χ4v) is 3.73. The number of carbonyl (C=O) groups excluding carboxylic acids is 2. The molecule has 1 aliphatic heterocycles. The van der Waals surface area contributed by atoms with Gasteiger partial charge in [-0.3, -0.25) is 10.1 Å². The molecule has 3 rings (SSSR count). The third kappa shape index (κ3) is 3.76. The molecule has 0 bridgehead atoms. The van der Waals surface area contributed by atoms with Gasteiger partial charge in [-0.1, -0.05) is 27.3 Å². The molecular formula is C16H16BrN3O3S. The molecule has 0 saturated heterocycles. The number of amides is 2. The molecule has 8 heteroatoms. The number of fused-ring (bicyclic) bond motifs is 1. The predicted octanol–water partition coefficient (Wildman–Crippen LogP) is 3.67. The van der Waals surface area contributed by atoms with E-state index < -0.39 is 6.09 Å². The number of nitrogens with one attached hydrogen (secondary N) is 1. The van der Waals surface area contributed by atoms with E-state index >= 15 is 0 Å². The van der Waals surface area contributed by atoms with Gasteiger partial charge in [-0.25, -0.2) is 9.78 Å². The third-order valence-corrected chi connectivity index (χ3v) is 5.12. The molecule has 1 aromatic carbocycles. The van der Waals surface area contributed by atoms with E-state index in [-0.39, 0.29) is 5.91 Å². The molecule has 6 nitrogen and oxygen atoms in total. The number of halogens is 1. The highest BCUT2D eigenvalue weighted by atomic mass is 79.9. The van der Waals surface area contributed by atoms with Gasteiger partial charge in [0.2, 0.25) is 0 Å². The molecule has 0 saturated carbocycles. The maximum Gasteiger partial charge on any atom is 0.413 e. The van der Waals surface area contributed by atoms with Gasteiger partial charge in [0.1, 0.15) is 0 Å². The Morgan fingerprint density at radius 3 is 2.83 bits per heavy atom. The van der Waals surface area contributed by atoms with Gasteiger partial charge in [-0.2, -0.15) is 0 Å². The molecule has 0 aliphatic carbocycles. The number of benzene rings is 1. The van der Waals surface area contributed by atoms with Crippen LogP contribution >= 0.6 is 27.3 Å². The van der Waals surface area contributed by atoms with Crippen LogP contribution in [0.25, 0.3) is 0 Å². The lowest BCUT2D eigenvalue weighted by Crippen LogP contribution is -2.35. The van der Waals surface area contributed by atoms with Crippen molar-refractivity contribution in [3.8, 4) is 0 Å². The van der Waals surface area contributed by atoms with E-state index in [9.17, 15) is 9.59 Å². The smallest absolute Gasteiger partial charge is 0.413 e. The Labute approximate surface area is 152 Å². The van der Waals surface area contributed by atoms with Gasteiger partial charge in [0.25, 0.3) is 5.91 Å². The molecule has 0 unspecified atom stereocenters. The molecule has 0 radical (unpaired) electrons. The van der Waals surface area contributed by atoms with Crippen LogP contribution in [-0.2, 0) is 17.7 Å². The second-order valence-corrected chi connectivity index (χ2v) is 7.22. The summed E-state index contributed by atoms with van der Waals surface area (Å²) in [6.45, 7) is 3.18. The number of hydrogen-bond acceptors (Lipinski definition) is 5. The number of rotatable bonds is 3. The van der Waals surface area contributed by atoms with Gasteiger partial charge in [-0.05, 0) is 31.2 Å². The van der Waals surface area contributed by atoms with E-state index in [0.29, 0.717) is 36.8 Å². The van der Waals surface area contributed by atoms with Gasteiger partial charge in [0.15, 0.2) is 5.13 Å². The molecule has 0 spiro atoms. The second kappa shape index (κ2) is 7.31. The molecule has 1 aromatic heterocycles. The highest BCUT2D eigenvalue weighted by Gasteiger charge is 2.25. The molecular weight excluding hydrogens is 394 g/mol. The van der Waals surface area contributed by atoms with Crippen molar-refractivity contribution in [1.29, 1.82) is 0 Å². The van der Waals surface area contributed by atoms with Crippen LogP contribution in [0, 0.1) is 0 Å². The minimum absolute atomic E-state index is 0.00134. The summed E-state index contributed by atoms with van der Waals surface area (Å²) < 4.78 is 5.79. The predicted molar refractivity (Wildman–Crippen MR) is 95.3 cm³/mol. The lowest BCUT2D eigenvalue weighted by atomic mass is 10.1. The number of hydrogen-bond donors (Lipinski definition) is 1. The topological polar surface area (TPSA) is 71.5 Å². The Morgan fingerprint density at radius 1 is 1.38 bits per heavy atom. The molecule has 126 valence electrons. The van der Waals surface area contributed by atoms with Crippen LogP contribution in [0.1, 0.15) is 27.9 Å². The zero-order chi connectivity index (χ0) is 17.1. The summed E-state index contributed by atoms with van der Waals surface area (Å²) in [4.78, 5) is 31.3. The zero-order valence-corrected chi connectivity index (χ0v) is 15.4.